The van der Waals surface area contributed by atoms with Gasteiger partial charge in [0.25, 0.3) is 15.9 Å². The largest absolute Gasteiger partial charge is 0.455 e. The van der Waals surface area contributed by atoms with Gasteiger partial charge in [-0.2, -0.15) is 0 Å². The SMILES string of the molecule is CC1(C)CCC(CN2CCN(c3ccc(C(=O)NS(=O)(=O)c4ccc(NCC5CCOCC5)cc4)c(Oc4cnc5[nH]ccc5c4)c3)CC2)=C(c2ccc(Cl)cc2)C1. The first kappa shape index (κ1) is 39.9. The van der Waals surface area contributed by atoms with Gasteiger partial charge in [-0.15, -0.1) is 0 Å². The summed E-state index contributed by atoms with van der Waals surface area (Å²) < 4.78 is 41.1. The number of carbonyl (C=O) groups is 1. The predicted molar refractivity (Wildman–Crippen MR) is 230 cm³/mol. The second kappa shape index (κ2) is 17.1. The summed E-state index contributed by atoms with van der Waals surface area (Å²) in [6, 6.07) is 23.7. The number of pyridine rings is 1. The number of sulfonamides is 1. The van der Waals surface area contributed by atoms with Crippen LogP contribution in [-0.4, -0.2) is 81.7 Å². The summed E-state index contributed by atoms with van der Waals surface area (Å²) in [5.74, 6) is 0.385. The van der Waals surface area contributed by atoms with E-state index in [1.165, 1.54) is 28.8 Å². The number of benzene rings is 3. The van der Waals surface area contributed by atoms with Crippen molar-refractivity contribution in [1.82, 2.24) is 19.6 Å². The van der Waals surface area contributed by atoms with E-state index in [4.69, 9.17) is 21.1 Å². The third kappa shape index (κ3) is 9.52. The molecule has 2 aliphatic heterocycles. The molecule has 4 heterocycles. The lowest BCUT2D eigenvalue weighted by molar-refractivity contribution is 0.0699. The van der Waals surface area contributed by atoms with Crippen LogP contribution >= 0.6 is 11.6 Å². The van der Waals surface area contributed by atoms with Crippen molar-refractivity contribution in [2.75, 3.05) is 62.7 Å². The number of nitrogens with zero attached hydrogens (tertiary/aromatic N) is 3. The van der Waals surface area contributed by atoms with Gasteiger partial charge in [-0.1, -0.05) is 43.2 Å². The maximum absolute atomic E-state index is 13.8. The van der Waals surface area contributed by atoms with Crippen molar-refractivity contribution in [2.45, 2.75) is 50.8 Å². The highest BCUT2D eigenvalue weighted by molar-refractivity contribution is 7.90. The Hall–Kier alpha value is -4.88. The fourth-order valence-corrected chi connectivity index (χ4v) is 9.27. The van der Waals surface area contributed by atoms with Gasteiger partial charge in [-0.05, 0) is 115 Å². The average Bonchev–Trinajstić information content (AvgIpc) is 3.70. The van der Waals surface area contributed by atoms with Crippen molar-refractivity contribution in [3.63, 3.8) is 0 Å². The van der Waals surface area contributed by atoms with E-state index in [1.54, 1.807) is 30.6 Å². The van der Waals surface area contributed by atoms with Crippen molar-refractivity contribution in [2.24, 2.45) is 11.3 Å². The molecule has 8 rings (SSSR count). The Bertz CT molecular complexity index is 2380. The number of hydrogen-bond acceptors (Lipinski definition) is 9. The minimum absolute atomic E-state index is 0.00970. The van der Waals surface area contributed by atoms with Crippen molar-refractivity contribution < 1.29 is 22.7 Å². The van der Waals surface area contributed by atoms with E-state index in [1.807, 2.05) is 36.4 Å². The second-order valence-electron chi connectivity index (χ2n) is 16.5. The smallest absolute Gasteiger partial charge is 0.268 e. The number of allylic oxidation sites excluding steroid dienone is 1. The van der Waals surface area contributed by atoms with E-state index < -0.39 is 15.9 Å². The zero-order chi connectivity index (χ0) is 40.3. The van der Waals surface area contributed by atoms with E-state index >= 15 is 0 Å². The Balaban J connectivity index is 0.976. The number of H-pyrrole nitrogens is 1. The lowest BCUT2D eigenvalue weighted by Crippen LogP contribution is -2.47. The number of hydrogen-bond donors (Lipinski definition) is 3. The molecule has 2 saturated heterocycles. The van der Waals surface area contributed by atoms with Crippen molar-refractivity contribution in [3.8, 4) is 11.5 Å². The van der Waals surface area contributed by atoms with E-state index in [2.05, 4.69) is 55.8 Å². The molecule has 1 aliphatic carbocycles. The molecule has 3 N–H and O–H groups in total. The van der Waals surface area contributed by atoms with Crippen LogP contribution < -0.4 is 19.7 Å². The second-order valence-corrected chi connectivity index (χ2v) is 18.6. The molecule has 304 valence electrons. The number of amides is 1. The summed E-state index contributed by atoms with van der Waals surface area (Å²) in [5, 5.41) is 4.99. The molecule has 0 radical (unpaired) electrons. The molecular formula is C45H51ClN6O5S. The Morgan fingerprint density at radius 1 is 0.983 bits per heavy atom. The summed E-state index contributed by atoms with van der Waals surface area (Å²) in [7, 11) is -4.19. The molecule has 3 aliphatic rings. The fourth-order valence-electron chi connectivity index (χ4n) is 8.18. The molecule has 0 unspecified atom stereocenters. The molecule has 1 amide bonds. The van der Waals surface area contributed by atoms with Crippen molar-refractivity contribution >= 4 is 55.5 Å². The van der Waals surface area contributed by atoms with Gasteiger partial charge < -0.3 is 24.7 Å². The number of aromatic nitrogens is 2. The quantitative estimate of drug-likeness (QED) is 0.113. The topological polar surface area (TPSA) is 129 Å². The number of fused-ring (bicyclic) bond motifs is 1. The molecular weight excluding hydrogens is 772 g/mol. The zero-order valence-electron chi connectivity index (χ0n) is 33.1. The maximum atomic E-state index is 13.8. The summed E-state index contributed by atoms with van der Waals surface area (Å²) in [6.07, 6.45) is 8.66. The monoisotopic (exact) mass is 822 g/mol. The summed E-state index contributed by atoms with van der Waals surface area (Å²) in [5.41, 5.74) is 6.95. The summed E-state index contributed by atoms with van der Waals surface area (Å²) in [6.45, 7) is 11.3. The number of piperazine rings is 1. The van der Waals surface area contributed by atoms with Gasteiger partial charge in [-0.3, -0.25) is 9.69 Å². The molecule has 58 heavy (non-hydrogen) atoms. The van der Waals surface area contributed by atoms with Crippen LogP contribution in [0, 0.1) is 11.3 Å². The van der Waals surface area contributed by atoms with Gasteiger partial charge in [-0.25, -0.2) is 18.1 Å². The molecule has 0 atom stereocenters. The third-order valence-corrected chi connectivity index (χ3v) is 13.3. The van der Waals surface area contributed by atoms with Crippen LogP contribution in [0.15, 0.2) is 102 Å². The fraction of sp³-hybridized carbons (Fsp3) is 0.378. The van der Waals surface area contributed by atoms with Gasteiger partial charge in [0.1, 0.15) is 17.1 Å². The normalized spacial score (nSPS) is 18.0. The Labute approximate surface area is 345 Å². The first-order valence-corrected chi connectivity index (χ1v) is 22.0. The number of anilines is 2. The van der Waals surface area contributed by atoms with Crippen LogP contribution in [0.5, 0.6) is 11.5 Å². The number of aromatic amines is 1. The predicted octanol–water partition coefficient (Wildman–Crippen LogP) is 8.75. The van der Waals surface area contributed by atoms with Gasteiger partial charge in [0.05, 0.1) is 16.7 Å². The van der Waals surface area contributed by atoms with Crippen LogP contribution in [-0.2, 0) is 14.8 Å². The van der Waals surface area contributed by atoms with Gasteiger partial charge in [0, 0.05) is 86.5 Å². The molecule has 0 bridgehead atoms. The first-order valence-electron chi connectivity index (χ1n) is 20.2. The van der Waals surface area contributed by atoms with E-state index in [0.29, 0.717) is 17.3 Å². The zero-order valence-corrected chi connectivity index (χ0v) is 34.7. The van der Waals surface area contributed by atoms with E-state index in [-0.39, 0.29) is 21.6 Å². The van der Waals surface area contributed by atoms with E-state index in [0.717, 1.165) is 106 Å². The standard InChI is InChI=1S/C45H51ClN6O5S/c1-45(2)17-13-34(41(27-45)32-3-5-35(46)6-4-32)30-51-19-21-52(22-20-51)37-9-12-40(42(26-37)57-38-25-33-14-18-47-43(33)49-29-38)44(53)50-58(54,55)39-10-7-36(8-11-39)48-28-31-15-23-56-24-16-31/h3-12,14,18,25-26,29,31,48H,13,15-17,19-24,27-28,30H2,1-2H3,(H,47,49)(H,50,53). The van der Waals surface area contributed by atoms with Crippen LogP contribution in [0.4, 0.5) is 11.4 Å². The van der Waals surface area contributed by atoms with Gasteiger partial charge in [0.15, 0.2) is 0 Å². The minimum atomic E-state index is -4.19. The molecule has 0 spiro atoms. The number of rotatable bonds is 12. The van der Waals surface area contributed by atoms with Crippen LogP contribution in [0.25, 0.3) is 16.6 Å². The Morgan fingerprint density at radius 3 is 2.50 bits per heavy atom. The number of halogens is 1. The van der Waals surface area contributed by atoms with Crippen LogP contribution in [0.2, 0.25) is 5.02 Å². The molecule has 2 aromatic heterocycles. The molecule has 5 aromatic rings. The lowest BCUT2D eigenvalue weighted by Gasteiger charge is -2.39. The lowest BCUT2D eigenvalue weighted by atomic mass is 9.72. The highest BCUT2D eigenvalue weighted by Crippen LogP contribution is 2.43. The third-order valence-electron chi connectivity index (χ3n) is 11.7. The number of ether oxygens (including phenoxy) is 2. The highest BCUT2D eigenvalue weighted by Gasteiger charge is 2.30. The summed E-state index contributed by atoms with van der Waals surface area (Å²) in [4.78, 5) is 26.1. The number of carbonyl (C=O) groups excluding carboxylic acids is 1. The first-order chi connectivity index (χ1) is 28.0. The Kier molecular flexibility index (Phi) is 11.8. The summed E-state index contributed by atoms with van der Waals surface area (Å²) >= 11 is 6.24. The van der Waals surface area contributed by atoms with Crippen molar-refractivity contribution in [1.29, 1.82) is 0 Å². The van der Waals surface area contributed by atoms with Gasteiger partial charge in [0.2, 0.25) is 0 Å². The van der Waals surface area contributed by atoms with Crippen LogP contribution in [0.3, 0.4) is 0 Å². The van der Waals surface area contributed by atoms with E-state index in [9.17, 15) is 13.2 Å². The average molecular weight is 823 g/mol. The van der Waals surface area contributed by atoms with Gasteiger partial charge >= 0.3 is 0 Å². The molecule has 13 heteroatoms. The highest BCUT2D eigenvalue weighted by atomic mass is 35.5. The van der Waals surface area contributed by atoms with Crippen LogP contribution in [0.1, 0.15) is 61.9 Å². The van der Waals surface area contributed by atoms with Crippen molar-refractivity contribution in [3.05, 3.63) is 113 Å². The molecule has 3 aromatic carbocycles. The Morgan fingerprint density at radius 2 is 1.74 bits per heavy atom. The molecule has 0 saturated carbocycles. The molecule has 11 nitrogen and oxygen atoms in total. The minimum Gasteiger partial charge on any atom is -0.455 e. The maximum Gasteiger partial charge on any atom is 0.268 e. The molecule has 2 fully saturated rings. The number of nitrogens with one attached hydrogen (secondary N) is 3.